The first-order valence-electron chi connectivity index (χ1n) is 13.0. The Labute approximate surface area is 223 Å². The Hall–Kier alpha value is -3.18. The molecular formula is C32H32ClNO3. The summed E-state index contributed by atoms with van der Waals surface area (Å²) in [5.74, 6) is -0.00563. The van der Waals surface area contributed by atoms with Crippen molar-refractivity contribution in [2.75, 3.05) is 19.7 Å². The Balaban J connectivity index is 1.13. The Morgan fingerprint density at radius 2 is 1.65 bits per heavy atom. The van der Waals surface area contributed by atoms with Crippen molar-refractivity contribution < 1.29 is 14.3 Å². The fourth-order valence-corrected chi connectivity index (χ4v) is 5.21. The number of benzene rings is 4. The molecular weight excluding hydrogens is 482 g/mol. The van der Waals surface area contributed by atoms with Gasteiger partial charge >= 0.3 is 5.97 Å². The minimum absolute atomic E-state index is 0.135. The maximum absolute atomic E-state index is 12.2. The van der Waals surface area contributed by atoms with Crippen LogP contribution in [0.4, 0.5) is 0 Å². The van der Waals surface area contributed by atoms with Crippen molar-refractivity contribution in [3.63, 3.8) is 0 Å². The topological polar surface area (TPSA) is 47.6 Å². The van der Waals surface area contributed by atoms with Crippen LogP contribution in [0.2, 0.25) is 5.02 Å². The summed E-state index contributed by atoms with van der Waals surface area (Å²) in [6.07, 6.45) is 2.81. The molecule has 0 radical (unpaired) electrons. The van der Waals surface area contributed by atoms with E-state index in [1.807, 2.05) is 0 Å². The molecule has 4 nitrogen and oxygen atoms in total. The molecule has 1 aliphatic heterocycles. The third-order valence-corrected chi connectivity index (χ3v) is 7.38. The molecule has 0 aromatic heterocycles. The van der Waals surface area contributed by atoms with Crippen molar-refractivity contribution in [1.29, 1.82) is 0 Å². The van der Waals surface area contributed by atoms with Gasteiger partial charge in [0.25, 0.3) is 0 Å². The zero-order valence-electron chi connectivity index (χ0n) is 20.9. The highest BCUT2D eigenvalue weighted by Crippen LogP contribution is 2.29. The number of carbonyl (C=O) groups is 1. The molecule has 190 valence electrons. The number of piperidine rings is 1. The fourth-order valence-electron chi connectivity index (χ4n) is 5.00. The van der Waals surface area contributed by atoms with E-state index in [9.17, 15) is 4.79 Å². The second-order valence-electron chi connectivity index (χ2n) is 9.59. The molecule has 1 heterocycles. The van der Waals surface area contributed by atoms with Crippen LogP contribution in [0.3, 0.4) is 0 Å². The van der Waals surface area contributed by atoms with E-state index >= 15 is 0 Å². The first kappa shape index (κ1) is 25.5. The standard InChI is InChI=1S/C32H32ClNO3/c33-30-10-4-3-9-29(30)32(35)36-19-5-6-23-11-15-26(16-12-23)28-17-18-34-21-31(28)37-22-24-13-14-25-7-1-2-8-27(25)20-24/h1-4,7-16,20,28,31,34H,5-6,17-19,21-22H2. The van der Waals surface area contributed by atoms with Crippen LogP contribution in [0.25, 0.3) is 10.8 Å². The summed E-state index contributed by atoms with van der Waals surface area (Å²) >= 11 is 6.08. The summed E-state index contributed by atoms with van der Waals surface area (Å²) in [5, 5.41) is 6.41. The van der Waals surface area contributed by atoms with Gasteiger partial charge in [-0.25, -0.2) is 4.79 Å². The van der Waals surface area contributed by atoms with E-state index in [1.54, 1.807) is 24.3 Å². The van der Waals surface area contributed by atoms with Crippen LogP contribution in [0, 0.1) is 0 Å². The van der Waals surface area contributed by atoms with Gasteiger partial charge in [0.15, 0.2) is 0 Å². The Morgan fingerprint density at radius 3 is 2.49 bits per heavy atom. The summed E-state index contributed by atoms with van der Waals surface area (Å²) in [4.78, 5) is 12.2. The predicted octanol–water partition coefficient (Wildman–Crippen LogP) is 6.95. The predicted molar refractivity (Wildman–Crippen MR) is 149 cm³/mol. The van der Waals surface area contributed by atoms with E-state index in [2.05, 4.69) is 72.0 Å². The Morgan fingerprint density at radius 1 is 0.892 bits per heavy atom. The SMILES string of the molecule is O=C(OCCCc1ccc(C2CCNCC2OCc2ccc3ccccc3c2)cc1)c1ccccc1Cl. The van der Waals surface area contributed by atoms with Gasteiger partial charge in [-0.15, -0.1) is 0 Å². The lowest BCUT2D eigenvalue weighted by atomic mass is 9.87. The Bertz CT molecular complexity index is 1340. The number of carbonyl (C=O) groups excluding carboxylic acids is 1. The van der Waals surface area contributed by atoms with Crippen molar-refractivity contribution in [3.05, 3.63) is 118 Å². The maximum Gasteiger partial charge on any atom is 0.339 e. The first-order valence-corrected chi connectivity index (χ1v) is 13.4. The highest BCUT2D eigenvalue weighted by molar-refractivity contribution is 6.33. The summed E-state index contributed by atoms with van der Waals surface area (Å²) in [6.45, 7) is 2.83. The quantitative estimate of drug-likeness (QED) is 0.194. The van der Waals surface area contributed by atoms with Gasteiger partial charge in [0, 0.05) is 12.5 Å². The molecule has 1 N–H and O–H groups in total. The van der Waals surface area contributed by atoms with Crippen LogP contribution >= 0.6 is 11.6 Å². The molecule has 0 amide bonds. The molecule has 0 aliphatic carbocycles. The fraction of sp³-hybridized carbons (Fsp3) is 0.281. The number of aryl methyl sites for hydroxylation is 1. The molecule has 2 unspecified atom stereocenters. The number of rotatable bonds is 9. The maximum atomic E-state index is 12.2. The van der Waals surface area contributed by atoms with E-state index in [0.717, 1.165) is 32.4 Å². The number of halogens is 1. The van der Waals surface area contributed by atoms with E-state index in [-0.39, 0.29) is 12.1 Å². The molecule has 4 aromatic carbocycles. The minimum atomic E-state index is -0.374. The van der Waals surface area contributed by atoms with Gasteiger partial charge in [-0.1, -0.05) is 84.4 Å². The summed E-state index contributed by atoms with van der Waals surface area (Å²) in [7, 11) is 0. The third-order valence-electron chi connectivity index (χ3n) is 7.05. The Kier molecular flexibility index (Phi) is 8.52. The van der Waals surface area contributed by atoms with E-state index in [0.29, 0.717) is 29.7 Å². The molecule has 1 aliphatic rings. The average molecular weight is 514 g/mol. The highest BCUT2D eigenvalue weighted by Gasteiger charge is 2.27. The number of fused-ring (bicyclic) bond motifs is 1. The van der Waals surface area contributed by atoms with E-state index in [4.69, 9.17) is 21.1 Å². The van der Waals surface area contributed by atoms with Crippen LogP contribution in [-0.2, 0) is 22.5 Å². The molecule has 1 fully saturated rings. The van der Waals surface area contributed by atoms with Gasteiger partial charge in [-0.05, 0) is 71.5 Å². The number of hydrogen-bond donors (Lipinski definition) is 1. The lowest BCUT2D eigenvalue weighted by molar-refractivity contribution is 0.0106. The number of nitrogens with one attached hydrogen (secondary N) is 1. The monoisotopic (exact) mass is 513 g/mol. The first-order chi connectivity index (χ1) is 18.2. The number of esters is 1. The second kappa shape index (κ2) is 12.4. The van der Waals surface area contributed by atoms with Crippen molar-refractivity contribution in [2.45, 2.75) is 37.9 Å². The van der Waals surface area contributed by atoms with Gasteiger partial charge in [-0.2, -0.15) is 0 Å². The second-order valence-corrected chi connectivity index (χ2v) is 10.00. The van der Waals surface area contributed by atoms with Gasteiger partial charge in [-0.3, -0.25) is 0 Å². The molecule has 0 bridgehead atoms. The zero-order chi connectivity index (χ0) is 25.5. The number of hydrogen-bond acceptors (Lipinski definition) is 4. The summed E-state index contributed by atoms with van der Waals surface area (Å²) in [6, 6.07) is 30.8. The molecule has 5 heteroatoms. The lowest BCUT2D eigenvalue weighted by Crippen LogP contribution is -2.40. The molecule has 5 rings (SSSR count). The largest absolute Gasteiger partial charge is 0.462 e. The van der Waals surface area contributed by atoms with Crippen LogP contribution in [0.5, 0.6) is 0 Å². The lowest BCUT2D eigenvalue weighted by Gasteiger charge is -2.32. The van der Waals surface area contributed by atoms with Gasteiger partial charge in [0.1, 0.15) is 0 Å². The average Bonchev–Trinajstić information content (AvgIpc) is 2.95. The number of ether oxygens (including phenoxy) is 2. The van der Waals surface area contributed by atoms with Gasteiger partial charge in [0.05, 0.1) is 29.9 Å². The van der Waals surface area contributed by atoms with Crippen LogP contribution in [0.15, 0.2) is 91.0 Å². The molecule has 1 saturated heterocycles. The van der Waals surface area contributed by atoms with Gasteiger partial charge in [0.2, 0.25) is 0 Å². The van der Waals surface area contributed by atoms with Crippen LogP contribution < -0.4 is 5.32 Å². The van der Waals surface area contributed by atoms with E-state index < -0.39 is 0 Å². The van der Waals surface area contributed by atoms with E-state index in [1.165, 1.54) is 27.5 Å². The zero-order valence-corrected chi connectivity index (χ0v) is 21.6. The van der Waals surface area contributed by atoms with Crippen molar-refractivity contribution in [1.82, 2.24) is 5.32 Å². The van der Waals surface area contributed by atoms with Gasteiger partial charge < -0.3 is 14.8 Å². The summed E-state index contributed by atoms with van der Waals surface area (Å²) < 4.78 is 11.8. The van der Waals surface area contributed by atoms with Crippen molar-refractivity contribution in [2.24, 2.45) is 0 Å². The van der Waals surface area contributed by atoms with Crippen LogP contribution in [-0.4, -0.2) is 31.8 Å². The molecule has 37 heavy (non-hydrogen) atoms. The highest BCUT2D eigenvalue weighted by atomic mass is 35.5. The van der Waals surface area contributed by atoms with Crippen LogP contribution in [0.1, 0.15) is 45.8 Å². The molecule has 4 aromatic rings. The van der Waals surface area contributed by atoms with Crippen molar-refractivity contribution >= 4 is 28.3 Å². The smallest absolute Gasteiger partial charge is 0.339 e. The molecule has 0 saturated carbocycles. The molecule has 2 atom stereocenters. The normalized spacial score (nSPS) is 17.5. The minimum Gasteiger partial charge on any atom is -0.462 e. The third kappa shape index (κ3) is 6.58. The van der Waals surface area contributed by atoms with Crippen molar-refractivity contribution in [3.8, 4) is 0 Å². The molecule has 0 spiro atoms. The summed E-state index contributed by atoms with van der Waals surface area (Å²) in [5.41, 5.74) is 4.17.